The average molecular weight is 248 g/mol. The Hall–Kier alpha value is -1.65. The third-order valence-corrected chi connectivity index (χ3v) is 2.72. The summed E-state index contributed by atoms with van der Waals surface area (Å²) in [5.74, 6) is -0.112. The molecule has 0 bridgehead atoms. The Morgan fingerprint density at radius 2 is 1.89 bits per heavy atom. The van der Waals surface area contributed by atoms with Gasteiger partial charge < -0.3 is 20.9 Å². The van der Waals surface area contributed by atoms with Gasteiger partial charge in [0.2, 0.25) is 0 Å². The molecule has 4 nitrogen and oxygen atoms in total. The van der Waals surface area contributed by atoms with E-state index >= 15 is 0 Å². The summed E-state index contributed by atoms with van der Waals surface area (Å²) in [5, 5.41) is 28.7. The first-order chi connectivity index (χ1) is 8.71. The van der Waals surface area contributed by atoms with Crippen LogP contribution in [0.3, 0.4) is 0 Å². The van der Waals surface area contributed by atoms with Gasteiger partial charge in [-0.05, 0) is 29.8 Å². The second kappa shape index (κ2) is 7.63. The van der Waals surface area contributed by atoms with Gasteiger partial charge in [0, 0.05) is 26.2 Å². The van der Waals surface area contributed by atoms with Gasteiger partial charge in [0.15, 0.2) is 0 Å². The van der Waals surface area contributed by atoms with E-state index in [-0.39, 0.29) is 19.1 Å². The molecule has 0 spiro atoms. The number of rotatable bonds is 7. The molecule has 1 rings (SSSR count). The summed E-state index contributed by atoms with van der Waals surface area (Å²) >= 11 is 0. The number of benzene rings is 1. The molecular weight excluding hydrogens is 228 g/mol. The molecule has 1 aromatic rings. The van der Waals surface area contributed by atoms with Crippen molar-refractivity contribution < 1.29 is 10.2 Å². The monoisotopic (exact) mass is 248 g/mol. The van der Waals surface area contributed by atoms with Crippen LogP contribution in [0.25, 0.3) is 0 Å². The SMILES string of the molecule is CN/C=C\C(=N)c1ccc(CC(CO)CO)cc1. The molecule has 0 saturated carbocycles. The van der Waals surface area contributed by atoms with Crippen molar-refractivity contribution in [3.8, 4) is 0 Å². The van der Waals surface area contributed by atoms with E-state index in [1.165, 1.54) is 0 Å². The summed E-state index contributed by atoms with van der Waals surface area (Å²) in [6.45, 7) is -0.0298. The molecule has 4 heteroatoms. The Balaban J connectivity index is 2.67. The predicted molar refractivity (Wildman–Crippen MR) is 72.8 cm³/mol. The summed E-state index contributed by atoms with van der Waals surface area (Å²) in [5.41, 5.74) is 2.34. The number of hydrogen-bond donors (Lipinski definition) is 4. The second-order valence-electron chi connectivity index (χ2n) is 4.17. The highest BCUT2D eigenvalue weighted by Crippen LogP contribution is 2.11. The van der Waals surface area contributed by atoms with Crippen LogP contribution in [0.2, 0.25) is 0 Å². The quantitative estimate of drug-likeness (QED) is 0.542. The Morgan fingerprint density at radius 1 is 1.28 bits per heavy atom. The number of aliphatic hydroxyl groups is 2. The first kappa shape index (κ1) is 14.4. The topological polar surface area (TPSA) is 76.3 Å². The minimum atomic E-state index is -0.112. The van der Waals surface area contributed by atoms with E-state index in [1.54, 1.807) is 19.3 Å². The molecule has 0 heterocycles. The van der Waals surface area contributed by atoms with Crippen molar-refractivity contribution in [2.75, 3.05) is 20.3 Å². The number of aliphatic hydroxyl groups excluding tert-OH is 2. The van der Waals surface area contributed by atoms with Gasteiger partial charge in [0.1, 0.15) is 0 Å². The minimum Gasteiger partial charge on any atom is -0.396 e. The summed E-state index contributed by atoms with van der Waals surface area (Å²) in [4.78, 5) is 0. The van der Waals surface area contributed by atoms with Crippen LogP contribution in [0.1, 0.15) is 11.1 Å². The summed E-state index contributed by atoms with van der Waals surface area (Å²) < 4.78 is 0. The highest BCUT2D eigenvalue weighted by molar-refractivity contribution is 6.06. The van der Waals surface area contributed by atoms with Crippen LogP contribution < -0.4 is 5.32 Å². The van der Waals surface area contributed by atoms with Crippen molar-refractivity contribution in [1.82, 2.24) is 5.32 Å². The van der Waals surface area contributed by atoms with Crippen LogP contribution >= 0.6 is 0 Å². The third kappa shape index (κ3) is 4.31. The lowest BCUT2D eigenvalue weighted by Crippen LogP contribution is -2.14. The molecule has 4 N–H and O–H groups in total. The van der Waals surface area contributed by atoms with Crippen molar-refractivity contribution in [3.63, 3.8) is 0 Å². The normalized spacial score (nSPS) is 11.1. The lowest BCUT2D eigenvalue weighted by molar-refractivity contribution is 0.150. The molecule has 0 atom stereocenters. The molecule has 0 fully saturated rings. The molecule has 0 aliphatic rings. The largest absolute Gasteiger partial charge is 0.396 e. The molecule has 0 amide bonds. The predicted octanol–water partition coefficient (Wildman–Crippen LogP) is 0.931. The van der Waals surface area contributed by atoms with Crippen molar-refractivity contribution in [2.45, 2.75) is 6.42 Å². The zero-order valence-electron chi connectivity index (χ0n) is 10.6. The fraction of sp³-hybridized carbons (Fsp3) is 0.357. The lowest BCUT2D eigenvalue weighted by Gasteiger charge is -2.10. The summed E-state index contributed by atoms with van der Waals surface area (Å²) in [6, 6.07) is 7.61. The van der Waals surface area contributed by atoms with Crippen LogP contribution in [0, 0.1) is 11.3 Å². The van der Waals surface area contributed by atoms with Gasteiger partial charge >= 0.3 is 0 Å². The van der Waals surface area contributed by atoms with Crippen LogP contribution in [-0.2, 0) is 6.42 Å². The molecule has 0 radical (unpaired) electrons. The fourth-order valence-electron chi connectivity index (χ4n) is 1.60. The molecular formula is C14H20N2O2. The van der Waals surface area contributed by atoms with Gasteiger partial charge in [0.25, 0.3) is 0 Å². The zero-order chi connectivity index (χ0) is 13.4. The maximum absolute atomic E-state index is 9.02. The van der Waals surface area contributed by atoms with E-state index in [2.05, 4.69) is 5.32 Å². The number of allylic oxidation sites excluding steroid dienone is 1. The van der Waals surface area contributed by atoms with Crippen LogP contribution in [0.5, 0.6) is 0 Å². The van der Waals surface area contributed by atoms with Crippen molar-refractivity contribution in [3.05, 3.63) is 47.7 Å². The Labute approximate surface area is 107 Å². The molecule has 0 aromatic heterocycles. The van der Waals surface area contributed by atoms with Gasteiger partial charge in [-0.15, -0.1) is 0 Å². The van der Waals surface area contributed by atoms with Crippen LogP contribution in [-0.4, -0.2) is 36.2 Å². The standard InChI is InChI=1S/C14H20N2O2/c1-16-7-6-14(15)13-4-2-11(3-5-13)8-12(9-17)10-18/h2-7,12,15-18H,8-10H2,1H3/b7-6-,15-14?. The summed E-state index contributed by atoms with van der Waals surface area (Å²) in [6.07, 6.45) is 4.05. The van der Waals surface area contributed by atoms with E-state index < -0.39 is 0 Å². The van der Waals surface area contributed by atoms with Crippen molar-refractivity contribution in [1.29, 1.82) is 5.41 Å². The lowest BCUT2D eigenvalue weighted by atomic mass is 9.99. The highest BCUT2D eigenvalue weighted by Gasteiger charge is 2.07. The highest BCUT2D eigenvalue weighted by atomic mass is 16.3. The van der Waals surface area contributed by atoms with E-state index in [1.807, 2.05) is 24.3 Å². The Morgan fingerprint density at radius 3 is 2.39 bits per heavy atom. The Bertz CT molecular complexity index is 395. The van der Waals surface area contributed by atoms with Crippen molar-refractivity contribution in [2.24, 2.45) is 5.92 Å². The van der Waals surface area contributed by atoms with Crippen LogP contribution in [0.15, 0.2) is 36.5 Å². The van der Waals surface area contributed by atoms with Gasteiger partial charge in [-0.3, -0.25) is 0 Å². The third-order valence-electron chi connectivity index (χ3n) is 2.72. The van der Waals surface area contributed by atoms with E-state index in [9.17, 15) is 0 Å². The number of nitrogens with one attached hydrogen (secondary N) is 2. The maximum Gasteiger partial charge on any atom is 0.0626 e. The molecule has 0 unspecified atom stereocenters. The number of hydrogen-bond acceptors (Lipinski definition) is 4. The zero-order valence-corrected chi connectivity index (χ0v) is 10.6. The molecule has 0 aliphatic heterocycles. The van der Waals surface area contributed by atoms with Gasteiger partial charge in [-0.25, -0.2) is 0 Å². The smallest absolute Gasteiger partial charge is 0.0626 e. The van der Waals surface area contributed by atoms with Gasteiger partial charge in [0.05, 0.1) is 5.71 Å². The summed E-state index contributed by atoms with van der Waals surface area (Å²) in [7, 11) is 1.79. The van der Waals surface area contributed by atoms with Crippen molar-refractivity contribution >= 4 is 5.71 Å². The first-order valence-corrected chi connectivity index (χ1v) is 5.94. The van der Waals surface area contributed by atoms with E-state index in [0.717, 1.165) is 11.1 Å². The van der Waals surface area contributed by atoms with Gasteiger partial charge in [-0.1, -0.05) is 24.3 Å². The van der Waals surface area contributed by atoms with E-state index in [4.69, 9.17) is 15.6 Å². The van der Waals surface area contributed by atoms with Gasteiger partial charge in [-0.2, -0.15) is 0 Å². The molecule has 1 aromatic carbocycles. The molecule has 98 valence electrons. The molecule has 18 heavy (non-hydrogen) atoms. The van der Waals surface area contributed by atoms with E-state index in [0.29, 0.717) is 12.1 Å². The average Bonchev–Trinajstić information content (AvgIpc) is 2.42. The first-order valence-electron chi connectivity index (χ1n) is 5.94. The molecule has 0 saturated heterocycles. The second-order valence-corrected chi connectivity index (χ2v) is 4.17. The Kier molecular flexibility index (Phi) is 6.11. The van der Waals surface area contributed by atoms with Crippen LogP contribution in [0.4, 0.5) is 0 Å². The fourth-order valence-corrected chi connectivity index (χ4v) is 1.60. The molecule has 0 aliphatic carbocycles. The maximum atomic E-state index is 9.02. The minimum absolute atomic E-state index is 0.0149.